The van der Waals surface area contributed by atoms with Crippen LogP contribution in [0.5, 0.6) is 0 Å². The first kappa shape index (κ1) is 12.2. The molecule has 0 atom stereocenters. The van der Waals surface area contributed by atoms with E-state index in [1.807, 2.05) is 25.1 Å². The molecule has 96 valence electrons. The predicted molar refractivity (Wildman–Crippen MR) is 76.7 cm³/mol. The smallest absolute Gasteiger partial charge is 0.352 e. The third-order valence-electron chi connectivity index (χ3n) is 3.44. The molecule has 0 radical (unpaired) electrons. The summed E-state index contributed by atoms with van der Waals surface area (Å²) in [5.74, 6) is -0.932. The van der Waals surface area contributed by atoms with Gasteiger partial charge in [-0.3, -0.25) is 0 Å². The van der Waals surface area contributed by atoms with Crippen LogP contribution in [0, 0.1) is 6.92 Å². The van der Waals surface area contributed by atoms with E-state index in [2.05, 4.69) is 20.9 Å². The summed E-state index contributed by atoms with van der Waals surface area (Å²) in [4.78, 5) is 15.9. The number of benzene rings is 1. The second-order valence-corrected chi connectivity index (χ2v) is 5.43. The summed E-state index contributed by atoms with van der Waals surface area (Å²) in [6.07, 6.45) is 0. The average Bonchev–Trinajstić information content (AvgIpc) is 2.71. The zero-order valence-electron chi connectivity index (χ0n) is 10.4. The SMILES string of the molecule is Cc1c2nc3cc(Br)ccc3c-2cc(C(=O)O)n1C. The van der Waals surface area contributed by atoms with Crippen LogP contribution < -0.4 is 0 Å². The van der Waals surface area contributed by atoms with Crippen LogP contribution in [0.25, 0.3) is 22.2 Å². The normalized spacial score (nSPS) is 11.3. The molecule has 5 heteroatoms. The Bertz CT molecular complexity index is 792. The Hall–Kier alpha value is -1.88. The summed E-state index contributed by atoms with van der Waals surface area (Å²) in [5, 5.41) is 10.2. The molecule has 0 aliphatic carbocycles. The molecule has 1 N–H and O–H groups in total. The maximum absolute atomic E-state index is 11.3. The zero-order valence-corrected chi connectivity index (χ0v) is 12.0. The van der Waals surface area contributed by atoms with Crippen molar-refractivity contribution in [1.82, 2.24) is 9.55 Å². The van der Waals surface area contributed by atoms with Crippen LogP contribution in [-0.2, 0) is 7.05 Å². The summed E-state index contributed by atoms with van der Waals surface area (Å²) in [6, 6.07) is 7.52. The standard InChI is InChI=1S/C14H11BrN2O2/c1-7-13-10(6-12(14(18)19)17(7)2)9-4-3-8(15)5-11(9)16-13/h3-6H,1-2H3,(H,18,19). The first-order valence-corrected chi connectivity index (χ1v) is 6.57. The van der Waals surface area contributed by atoms with Gasteiger partial charge in [0.25, 0.3) is 0 Å². The third kappa shape index (κ3) is 1.73. The van der Waals surface area contributed by atoms with Crippen molar-refractivity contribution < 1.29 is 9.90 Å². The van der Waals surface area contributed by atoms with E-state index in [1.54, 1.807) is 17.7 Å². The lowest BCUT2D eigenvalue weighted by molar-refractivity contribution is 0.0685. The molecule has 2 heterocycles. The van der Waals surface area contributed by atoms with Gasteiger partial charge in [0, 0.05) is 28.2 Å². The molecule has 0 amide bonds. The summed E-state index contributed by atoms with van der Waals surface area (Å²) in [7, 11) is 1.74. The fourth-order valence-corrected chi connectivity index (χ4v) is 2.68. The highest BCUT2D eigenvalue weighted by atomic mass is 79.9. The minimum Gasteiger partial charge on any atom is -0.477 e. The molecule has 4 nitrogen and oxygen atoms in total. The Morgan fingerprint density at radius 3 is 2.79 bits per heavy atom. The zero-order chi connectivity index (χ0) is 13.7. The number of nitrogens with zero attached hydrogens (tertiary/aromatic N) is 2. The largest absolute Gasteiger partial charge is 0.477 e. The van der Waals surface area contributed by atoms with E-state index in [0.717, 1.165) is 32.3 Å². The highest BCUT2D eigenvalue weighted by Crippen LogP contribution is 2.35. The lowest BCUT2D eigenvalue weighted by Crippen LogP contribution is -2.12. The van der Waals surface area contributed by atoms with Crippen molar-refractivity contribution in [2.24, 2.45) is 7.05 Å². The average molecular weight is 319 g/mol. The van der Waals surface area contributed by atoms with E-state index in [4.69, 9.17) is 0 Å². The number of aromatic carboxylic acids is 1. The molecule has 2 aliphatic rings. The minimum atomic E-state index is -0.932. The van der Waals surface area contributed by atoms with Gasteiger partial charge in [-0.1, -0.05) is 22.0 Å². The van der Waals surface area contributed by atoms with Gasteiger partial charge in [0.15, 0.2) is 0 Å². The van der Waals surface area contributed by atoms with E-state index in [0.29, 0.717) is 0 Å². The molecule has 0 bridgehead atoms. The molecular formula is C14H11BrN2O2. The molecule has 0 unspecified atom stereocenters. The number of rotatable bonds is 1. The fourth-order valence-electron chi connectivity index (χ4n) is 2.33. The maximum Gasteiger partial charge on any atom is 0.352 e. The van der Waals surface area contributed by atoms with Crippen molar-refractivity contribution in [1.29, 1.82) is 0 Å². The van der Waals surface area contributed by atoms with Crippen LogP contribution in [0.3, 0.4) is 0 Å². The van der Waals surface area contributed by atoms with Crippen LogP contribution in [0.1, 0.15) is 16.2 Å². The van der Waals surface area contributed by atoms with E-state index in [1.165, 1.54) is 0 Å². The van der Waals surface area contributed by atoms with Crippen molar-refractivity contribution in [2.45, 2.75) is 6.92 Å². The first-order valence-electron chi connectivity index (χ1n) is 5.77. The number of carbonyl (C=O) groups is 1. The van der Waals surface area contributed by atoms with Crippen molar-refractivity contribution in [3.63, 3.8) is 0 Å². The molecule has 0 fully saturated rings. The number of aromatic nitrogens is 2. The highest BCUT2D eigenvalue weighted by Gasteiger charge is 2.20. The quantitative estimate of drug-likeness (QED) is 0.747. The van der Waals surface area contributed by atoms with Gasteiger partial charge in [-0.15, -0.1) is 0 Å². The Morgan fingerprint density at radius 2 is 2.11 bits per heavy atom. The second-order valence-electron chi connectivity index (χ2n) is 4.51. The minimum absolute atomic E-state index is 0.266. The topological polar surface area (TPSA) is 55.1 Å². The van der Waals surface area contributed by atoms with E-state index >= 15 is 0 Å². The monoisotopic (exact) mass is 318 g/mol. The van der Waals surface area contributed by atoms with E-state index in [-0.39, 0.29) is 5.69 Å². The van der Waals surface area contributed by atoms with Gasteiger partial charge >= 0.3 is 5.97 Å². The number of carboxylic acid groups (broad SMARTS) is 1. The molecular weight excluding hydrogens is 308 g/mol. The van der Waals surface area contributed by atoms with Crippen molar-refractivity contribution in [3.8, 4) is 11.3 Å². The molecule has 1 aromatic carbocycles. The fraction of sp³-hybridized carbons (Fsp3) is 0.143. The van der Waals surface area contributed by atoms with Crippen LogP contribution in [0.4, 0.5) is 0 Å². The number of carboxylic acids is 1. The molecule has 3 rings (SSSR count). The highest BCUT2D eigenvalue weighted by molar-refractivity contribution is 9.10. The van der Waals surface area contributed by atoms with Crippen molar-refractivity contribution in [2.75, 3.05) is 0 Å². The lowest BCUT2D eigenvalue weighted by atomic mass is 10.1. The van der Waals surface area contributed by atoms with Crippen molar-refractivity contribution >= 4 is 32.8 Å². The third-order valence-corrected chi connectivity index (χ3v) is 3.94. The van der Waals surface area contributed by atoms with Crippen LogP contribution in [-0.4, -0.2) is 20.6 Å². The van der Waals surface area contributed by atoms with Crippen molar-refractivity contribution in [3.05, 3.63) is 40.1 Å². The van der Waals surface area contributed by atoms with Gasteiger partial charge in [0.05, 0.1) is 11.2 Å². The van der Waals surface area contributed by atoms with Gasteiger partial charge < -0.3 is 9.67 Å². The number of halogens is 1. The van der Waals surface area contributed by atoms with E-state index < -0.39 is 5.97 Å². The molecule has 0 spiro atoms. The number of hydrogen-bond donors (Lipinski definition) is 1. The summed E-state index contributed by atoms with van der Waals surface area (Å²) < 4.78 is 2.62. The van der Waals surface area contributed by atoms with Gasteiger partial charge in [-0.25, -0.2) is 9.78 Å². The number of pyridine rings is 1. The number of fused-ring (bicyclic) bond motifs is 3. The van der Waals surface area contributed by atoms with E-state index in [9.17, 15) is 9.90 Å². The Balaban J connectivity index is 2.48. The molecule has 19 heavy (non-hydrogen) atoms. The lowest BCUT2D eigenvalue weighted by Gasteiger charge is -2.13. The maximum atomic E-state index is 11.3. The molecule has 0 aromatic heterocycles. The van der Waals surface area contributed by atoms with Gasteiger partial charge in [0.1, 0.15) is 5.69 Å². The second kappa shape index (κ2) is 4.06. The summed E-state index contributed by atoms with van der Waals surface area (Å²) >= 11 is 3.42. The molecule has 0 saturated carbocycles. The number of hydrogen-bond acceptors (Lipinski definition) is 2. The molecule has 0 saturated heterocycles. The Kier molecular flexibility index (Phi) is 2.60. The molecule has 2 aliphatic heterocycles. The summed E-state index contributed by atoms with van der Waals surface area (Å²) in [5.41, 5.74) is 3.72. The first-order chi connectivity index (χ1) is 8.99. The van der Waals surface area contributed by atoms with Crippen LogP contribution >= 0.6 is 15.9 Å². The summed E-state index contributed by atoms with van der Waals surface area (Å²) in [6.45, 7) is 1.88. The molecule has 1 aromatic rings. The van der Waals surface area contributed by atoms with Gasteiger partial charge in [-0.05, 0) is 25.1 Å². The van der Waals surface area contributed by atoms with Gasteiger partial charge in [-0.2, -0.15) is 0 Å². The Morgan fingerprint density at radius 1 is 1.37 bits per heavy atom. The van der Waals surface area contributed by atoms with Crippen LogP contribution in [0.15, 0.2) is 28.7 Å². The van der Waals surface area contributed by atoms with Gasteiger partial charge in [0.2, 0.25) is 0 Å². The Labute approximate surface area is 118 Å². The van der Waals surface area contributed by atoms with Crippen LogP contribution in [0.2, 0.25) is 0 Å². The predicted octanol–water partition coefficient (Wildman–Crippen LogP) is 3.45.